The second-order valence-electron chi connectivity index (χ2n) is 6.79. The highest BCUT2D eigenvalue weighted by Crippen LogP contribution is 2.44. The fourth-order valence-electron chi connectivity index (χ4n) is 3.00. The Labute approximate surface area is 121 Å². The molecule has 1 rings (SSSR count). The molecule has 0 aromatic carbocycles. The highest BCUT2D eigenvalue weighted by Gasteiger charge is 2.46. The van der Waals surface area contributed by atoms with E-state index < -0.39 is 5.97 Å². The summed E-state index contributed by atoms with van der Waals surface area (Å²) in [4.78, 5) is 23.2. The summed E-state index contributed by atoms with van der Waals surface area (Å²) in [5.41, 5.74) is -0.312. The average Bonchev–Trinajstić information content (AvgIpc) is 2.32. The molecule has 0 aliphatic heterocycles. The van der Waals surface area contributed by atoms with E-state index in [1.165, 1.54) is 0 Å². The molecular weight excluding hydrogens is 256 g/mol. The van der Waals surface area contributed by atoms with Gasteiger partial charge in [0.15, 0.2) is 0 Å². The molecule has 0 aromatic heterocycles. The maximum absolute atomic E-state index is 11.9. The number of rotatable bonds is 5. The molecule has 0 spiro atoms. The van der Waals surface area contributed by atoms with E-state index in [0.29, 0.717) is 13.0 Å². The van der Waals surface area contributed by atoms with Gasteiger partial charge in [-0.25, -0.2) is 0 Å². The van der Waals surface area contributed by atoms with E-state index >= 15 is 0 Å². The topological polar surface area (TPSA) is 78.4 Å². The van der Waals surface area contributed by atoms with Gasteiger partial charge in [0.05, 0.1) is 12.5 Å². The predicted octanol–water partition coefficient (Wildman–Crippen LogP) is 1.63. The van der Waals surface area contributed by atoms with Crippen molar-refractivity contribution < 1.29 is 14.7 Å². The normalized spacial score (nSPS) is 29.2. The van der Waals surface area contributed by atoms with Gasteiger partial charge in [0.1, 0.15) is 0 Å². The van der Waals surface area contributed by atoms with Crippen LogP contribution in [0, 0.1) is 17.3 Å². The van der Waals surface area contributed by atoms with Gasteiger partial charge >= 0.3 is 5.97 Å². The molecule has 20 heavy (non-hydrogen) atoms. The number of amides is 1. The highest BCUT2D eigenvalue weighted by atomic mass is 16.4. The summed E-state index contributed by atoms with van der Waals surface area (Å²) >= 11 is 0. The van der Waals surface area contributed by atoms with Gasteiger partial charge in [0.25, 0.3) is 0 Å². The number of carbonyl (C=O) groups excluding carboxylic acids is 1. The Morgan fingerprint density at radius 2 is 1.90 bits per heavy atom. The van der Waals surface area contributed by atoms with Crippen LogP contribution in [0.3, 0.4) is 0 Å². The largest absolute Gasteiger partial charge is 0.481 e. The van der Waals surface area contributed by atoms with Crippen LogP contribution in [0.2, 0.25) is 0 Å². The van der Waals surface area contributed by atoms with Crippen molar-refractivity contribution in [1.82, 2.24) is 10.6 Å². The molecule has 1 aliphatic rings. The molecule has 1 fully saturated rings. The lowest BCUT2D eigenvalue weighted by atomic mass is 9.61. The van der Waals surface area contributed by atoms with E-state index in [4.69, 9.17) is 0 Å². The minimum atomic E-state index is -0.729. The number of carboxylic acid groups (broad SMARTS) is 1. The zero-order valence-electron chi connectivity index (χ0n) is 13.2. The van der Waals surface area contributed by atoms with Crippen LogP contribution in [0.15, 0.2) is 0 Å². The Kier molecular flexibility index (Phi) is 5.57. The average molecular weight is 284 g/mol. The summed E-state index contributed by atoms with van der Waals surface area (Å²) < 4.78 is 0. The number of hydrogen-bond acceptors (Lipinski definition) is 3. The van der Waals surface area contributed by atoms with Crippen LogP contribution in [0.1, 0.15) is 47.5 Å². The summed E-state index contributed by atoms with van der Waals surface area (Å²) in [6, 6.07) is 0.333. The van der Waals surface area contributed by atoms with Crippen LogP contribution in [-0.2, 0) is 9.59 Å². The number of nitrogens with one attached hydrogen (secondary N) is 2. The molecule has 0 bridgehead atoms. The molecular formula is C15H28N2O3. The van der Waals surface area contributed by atoms with Crippen molar-refractivity contribution in [3.05, 3.63) is 0 Å². The Hall–Kier alpha value is -1.10. The molecule has 5 nitrogen and oxygen atoms in total. The van der Waals surface area contributed by atoms with Crippen molar-refractivity contribution in [2.75, 3.05) is 6.54 Å². The van der Waals surface area contributed by atoms with E-state index in [0.717, 1.165) is 6.42 Å². The molecule has 1 saturated carbocycles. The molecule has 0 saturated heterocycles. The zero-order chi connectivity index (χ0) is 15.5. The number of carboxylic acids is 1. The van der Waals surface area contributed by atoms with Crippen molar-refractivity contribution in [3.63, 3.8) is 0 Å². The molecule has 1 amide bonds. The van der Waals surface area contributed by atoms with Gasteiger partial charge in [-0.2, -0.15) is 0 Å². The van der Waals surface area contributed by atoms with Crippen molar-refractivity contribution >= 4 is 11.9 Å². The Balaban J connectivity index is 2.62. The number of aliphatic carboxylic acids is 1. The van der Waals surface area contributed by atoms with Crippen LogP contribution < -0.4 is 10.6 Å². The summed E-state index contributed by atoms with van der Waals surface area (Å²) in [7, 11) is 0. The lowest BCUT2D eigenvalue weighted by Crippen LogP contribution is -2.53. The van der Waals surface area contributed by atoms with Gasteiger partial charge in [-0.1, -0.05) is 34.6 Å². The van der Waals surface area contributed by atoms with Gasteiger partial charge in [0.2, 0.25) is 5.91 Å². The van der Waals surface area contributed by atoms with Crippen molar-refractivity contribution in [2.45, 2.75) is 59.5 Å². The fraction of sp³-hybridized carbons (Fsp3) is 0.867. The second kappa shape index (κ2) is 6.57. The van der Waals surface area contributed by atoms with Crippen molar-refractivity contribution in [1.29, 1.82) is 0 Å². The lowest BCUT2D eigenvalue weighted by Gasteiger charge is -2.46. The SMILES string of the molecule is CC(C)NCC(=O)NC1CCC(C(=O)O)C(C)(C)C1C. The number of hydrogen-bond donors (Lipinski definition) is 3. The summed E-state index contributed by atoms with van der Waals surface area (Å²) in [6.07, 6.45) is 1.35. The molecule has 116 valence electrons. The Bertz CT molecular complexity index is 366. The fourth-order valence-corrected chi connectivity index (χ4v) is 3.00. The molecule has 0 heterocycles. The van der Waals surface area contributed by atoms with Gasteiger partial charge in [-0.15, -0.1) is 0 Å². The third-order valence-corrected chi connectivity index (χ3v) is 4.76. The Morgan fingerprint density at radius 3 is 2.40 bits per heavy atom. The van der Waals surface area contributed by atoms with Gasteiger partial charge in [0, 0.05) is 12.1 Å². The van der Waals surface area contributed by atoms with E-state index in [1.807, 2.05) is 34.6 Å². The van der Waals surface area contributed by atoms with Crippen molar-refractivity contribution in [3.8, 4) is 0 Å². The van der Waals surface area contributed by atoms with Crippen LogP contribution in [0.5, 0.6) is 0 Å². The van der Waals surface area contributed by atoms with Gasteiger partial charge in [-0.3, -0.25) is 9.59 Å². The smallest absolute Gasteiger partial charge is 0.307 e. The molecule has 3 unspecified atom stereocenters. The van der Waals surface area contributed by atoms with Crippen LogP contribution in [0.4, 0.5) is 0 Å². The molecule has 5 heteroatoms. The third-order valence-electron chi connectivity index (χ3n) is 4.76. The van der Waals surface area contributed by atoms with E-state index in [9.17, 15) is 14.7 Å². The van der Waals surface area contributed by atoms with E-state index in [2.05, 4.69) is 10.6 Å². The highest BCUT2D eigenvalue weighted by molar-refractivity contribution is 5.78. The molecule has 1 aliphatic carbocycles. The molecule has 0 aromatic rings. The summed E-state index contributed by atoms with van der Waals surface area (Å²) in [5, 5.41) is 15.4. The van der Waals surface area contributed by atoms with Crippen LogP contribution in [0.25, 0.3) is 0 Å². The third kappa shape index (κ3) is 3.95. The van der Waals surface area contributed by atoms with Crippen LogP contribution >= 0.6 is 0 Å². The summed E-state index contributed by atoms with van der Waals surface area (Å²) in [6.45, 7) is 10.3. The monoisotopic (exact) mass is 284 g/mol. The summed E-state index contributed by atoms with van der Waals surface area (Å²) in [5.74, 6) is -0.937. The minimum absolute atomic E-state index is 0.0138. The standard InChI is InChI=1S/C15H28N2O3/c1-9(2)16-8-13(18)17-12-7-6-11(14(19)20)15(4,5)10(12)3/h9-12,16H,6-8H2,1-5H3,(H,17,18)(H,19,20). The first-order valence-corrected chi connectivity index (χ1v) is 7.41. The molecule has 3 atom stereocenters. The van der Waals surface area contributed by atoms with E-state index in [1.54, 1.807) is 0 Å². The quantitative estimate of drug-likeness (QED) is 0.717. The number of carbonyl (C=O) groups is 2. The lowest BCUT2D eigenvalue weighted by molar-refractivity contribution is -0.150. The zero-order valence-corrected chi connectivity index (χ0v) is 13.2. The predicted molar refractivity (Wildman–Crippen MR) is 78.4 cm³/mol. The van der Waals surface area contributed by atoms with Gasteiger partial charge < -0.3 is 15.7 Å². The van der Waals surface area contributed by atoms with E-state index in [-0.39, 0.29) is 35.2 Å². The Morgan fingerprint density at radius 1 is 1.30 bits per heavy atom. The first-order valence-electron chi connectivity index (χ1n) is 7.41. The minimum Gasteiger partial charge on any atom is -0.481 e. The maximum Gasteiger partial charge on any atom is 0.307 e. The maximum atomic E-state index is 11.9. The van der Waals surface area contributed by atoms with Gasteiger partial charge in [-0.05, 0) is 24.2 Å². The molecule has 0 radical (unpaired) electrons. The first-order chi connectivity index (χ1) is 9.16. The van der Waals surface area contributed by atoms with Crippen molar-refractivity contribution in [2.24, 2.45) is 17.3 Å². The molecule has 3 N–H and O–H groups in total. The second-order valence-corrected chi connectivity index (χ2v) is 6.79. The van der Waals surface area contributed by atoms with Crippen LogP contribution in [-0.4, -0.2) is 35.6 Å². The first kappa shape index (κ1) is 17.0.